The maximum absolute atomic E-state index is 5.59. The fourth-order valence-corrected chi connectivity index (χ4v) is 3.05. The van der Waals surface area contributed by atoms with E-state index in [1.165, 1.54) is 16.0 Å². The third-order valence-corrected chi connectivity index (χ3v) is 4.25. The number of hydrogen-bond donors (Lipinski definition) is 1. The van der Waals surface area contributed by atoms with Crippen molar-refractivity contribution in [3.8, 4) is 11.3 Å². The lowest BCUT2D eigenvalue weighted by molar-refractivity contribution is 0.590. The molecule has 0 saturated carbocycles. The number of aryl methyl sites for hydroxylation is 1. The van der Waals surface area contributed by atoms with Gasteiger partial charge in [-0.15, -0.1) is 11.3 Å². The van der Waals surface area contributed by atoms with Crippen molar-refractivity contribution in [2.45, 2.75) is 39.5 Å². The van der Waals surface area contributed by atoms with Gasteiger partial charge in [0.2, 0.25) is 0 Å². The van der Waals surface area contributed by atoms with Gasteiger partial charge in [0.25, 0.3) is 0 Å². The summed E-state index contributed by atoms with van der Waals surface area (Å²) in [5.41, 5.74) is 9.45. The van der Waals surface area contributed by atoms with Crippen molar-refractivity contribution in [2.24, 2.45) is 5.73 Å². The lowest BCUT2D eigenvalue weighted by atomic mass is 9.86. The highest BCUT2D eigenvalue weighted by molar-refractivity contribution is 7.12. The van der Waals surface area contributed by atoms with E-state index in [9.17, 15) is 0 Å². The molecule has 0 radical (unpaired) electrons. The number of benzene rings is 1. The van der Waals surface area contributed by atoms with E-state index in [1.54, 1.807) is 11.3 Å². The van der Waals surface area contributed by atoms with Gasteiger partial charge in [0.15, 0.2) is 0 Å². The minimum Gasteiger partial charge on any atom is -0.330 e. The van der Waals surface area contributed by atoms with Gasteiger partial charge in [-0.25, -0.2) is 4.98 Å². The van der Waals surface area contributed by atoms with Crippen LogP contribution in [0, 0.1) is 6.92 Å². The Hall–Kier alpha value is -1.19. The first-order valence-corrected chi connectivity index (χ1v) is 7.51. The highest BCUT2D eigenvalue weighted by Crippen LogP contribution is 2.30. The molecule has 0 spiro atoms. The molecule has 0 amide bonds. The molecule has 0 saturated heterocycles. The Morgan fingerprint density at radius 3 is 2.32 bits per heavy atom. The van der Waals surface area contributed by atoms with Crippen LogP contribution in [0.1, 0.15) is 36.2 Å². The Balaban J connectivity index is 2.32. The van der Waals surface area contributed by atoms with E-state index < -0.39 is 0 Å². The number of nitrogens with zero attached hydrogens (tertiary/aromatic N) is 1. The second-order valence-corrected chi connectivity index (χ2v) is 7.17. The molecule has 0 aliphatic carbocycles. The molecule has 0 bridgehead atoms. The fraction of sp³-hybridized carbons (Fsp3) is 0.438. The van der Waals surface area contributed by atoms with E-state index in [2.05, 4.69) is 52.0 Å². The number of hydrogen-bond acceptors (Lipinski definition) is 3. The predicted molar refractivity (Wildman–Crippen MR) is 83.7 cm³/mol. The summed E-state index contributed by atoms with van der Waals surface area (Å²) in [5.74, 6) is 0. The summed E-state index contributed by atoms with van der Waals surface area (Å²) >= 11 is 1.75. The van der Waals surface area contributed by atoms with Crippen LogP contribution in [0.25, 0.3) is 11.3 Å². The van der Waals surface area contributed by atoms with E-state index >= 15 is 0 Å². The Morgan fingerprint density at radius 1 is 1.16 bits per heavy atom. The first kappa shape index (κ1) is 14.2. The van der Waals surface area contributed by atoms with Gasteiger partial charge in [-0.3, -0.25) is 0 Å². The molecule has 0 aliphatic heterocycles. The molecule has 2 aromatic rings. The van der Waals surface area contributed by atoms with Gasteiger partial charge in [-0.1, -0.05) is 45.0 Å². The average molecular weight is 274 g/mol. The van der Waals surface area contributed by atoms with Crippen LogP contribution < -0.4 is 5.73 Å². The molecule has 2 nitrogen and oxygen atoms in total. The van der Waals surface area contributed by atoms with E-state index in [0.29, 0.717) is 6.54 Å². The van der Waals surface area contributed by atoms with Crippen LogP contribution in [-0.4, -0.2) is 11.5 Å². The van der Waals surface area contributed by atoms with Gasteiger partial charge in [0.1, 0.15) is 0 Å². The van der Waals surface area contributed by atoms with Gasteiger partial charge in [-0.05, 0) is 24.4 Å². The fourth-order valence-electron chi connectivity index (χ4n) is 2.08. The Kier molecular flexibility index (Phi) is 4.07. The molecule has 2 N–H and O–H groups in total. The maximum atomic E-state index is 5.59. The van der Waals surface area contributed by atoms with Gasteiger partial charge >= 0.3 is 0 Å². The molecule has 0 aliphatic rings. The molecule has 2 rings (SSSR count). The lowest BCUT2D eigenvalue weighted by Crippen LogP contribution is -2.10. The van der Waals surface area contributed by atoms with Crippen molar-refractivity contribution in [1.29, 1.82) is 0 Å². The van der Waals surface area contributed by atoms with E-state index in [-0.39, 0.29) is 5.41 Å². The molecule has 0 atom stereocenters. The van der Waals surface area contributed by atoms with E-state index in [1.807, 2.05) is 0 Å². The normalized spacial score (nSPS) is 11.8. The summed E-state index contributed by atoms with van der Waals surface area (Å²) in [6, 6.07) is 8.76. The van der Waals surface area contributed by atoms with Crippen LogP contribution >= 0.6 is 11.3 Å². The molecule has 102 valence electrons. The summed E-state index contributed by atoms with van der Waals surface area (Å²) in [4.78, 5) is 5.97. The first-order valence-electron chi connectivity index (χ1n) is 6.69. The Morgan fingerprint density at radius 2 is 1.79 bits per heavy atom. The van der Waals surface area contributed by atoms with Crippen LogP contribution in [0.15, 0.2) is 24.3 Å². The molecule has 3 heteroatoms. The molecular weight excluding hydrogens is 252 g/mol. The third kappa shape index (κ3) is 3.23. The molecule has 0 fully saturated rings. The first-order chi connectivity index (χ1) is 8.91. The molecule has 19 heavy (non-hydrogen) atoms. The minimum atomic E-state index is 0.195. The maximum Gasteiger partial charge on any atom is 0.0947 e. The lowest BCUT2D eigenvalue weighted by Gasteiger charge is -2.19. The molecular formula is C16H22N2S. The molecule has 0 unspecified atom stereocenters. The highest BCUT2D eigenvalue weighted by Gasteiger charge is 2.14. The SMILES string of the molecule is Cc1sc(CCN)nc1-c1ccc(C(C)(C)C)cc1. The van der Waals surface area contributed by atoms with Crippen molar-refractivity contribution < 1.29 is 0 Å². The number of rotatable bonds is 3. The second kappa shape index (κ2) is 5.43. The standard InChI is InChI=1S/C16H22N2S/c1-11-15(18-14(19-11)9-10-17)12-5-7-13(8-6-12)16(2,3)4/h5-8H,9-10,17H2,1-4H3. The summed E-state index contributed by atoms with van der Waals surface area (Å²) in [5, 5.41) is 1.13. The van der Waals surface area contributed by atoms with Crippen LogP contribution in [-0.2, 0) is 11.8 Å². The second-order valence-electron chi connectivity index (χ2n) is 5.88. The topological polar surface area (TPSA) is 38.9 Å². The summed E-state index contributed by atoms with van der Waals surface area (Å²) in [6.45, 7) is 9.49. The van der Waals surface area contributed by atoms with Crippen LogP contribution in [0.2, 0.25) is 0 Å². The van der Waals surface area contributed by atoms with Crippen molar-refractivity contribution in [3.05, 3.63) is 39.7 Å². The van der Waals surface area contributed by atoms with Gasteiger partial charge in [0, 0.05) is 16.9 Å². The largest absolute Gasteiger partial charge is 0.330 e. The molecule has 1 aromatic carbocycles. The van der Waals surface area contributed by atoms with Gasteiger partial charge < -0.3 is 5.73 Å². The smallest absolute Gasteiger partial charge is 0.0947 e. The van der Waals surface area contributed by atoms with Crippen LogP contribution in [0.5, 0.6) is 0 Å². The van der Waals surface area contributed by atoms with Crippen molar-refractivity contribution in [3.63, 3.8) is 0 Å². The van der Waals surface area contributed by atoms with Crippen LogP contribution in [0.3, 0.4) is 0 Å². The van der Waals surface area contributed by atoms with Crippen molar-refractivity contribution >= 4 is 11.3 Å². The Labute approximate surface area is 119 Å². The zero-order chi connectivity index (χ0) is 14.0. The summed E-state index contributed by atoms with van der Waals surface area (Å²) < 4.78 is 0. The van der Waals surface area contributed by atoms with Crippen molar-refractivity contribution in [1.82, 2.24) is 4.98 Å². The number of aromatic nitrogens is 1. The van der Waals surface area contributed by atoms with E-state index in [4.69, 9.17) is 10.7 Å². The monoisotopic (exact) mass is 274 g/mol. The molecule has 1 aromatic heterocycles. The Bertz CT molecular complexity index is 547. The predicted octanol–water partition coefficient (Wildman–Crippen LogP) is 3.92. The number of nitrogens with two attached hydrogens (primary N) is 1. The van der Waals surface area contributed by atoms with Crippen LogP contribution in [0.4, 0.5) is 0 Å². The summed E-state index contributed by atoms with van der Waals surface area (Å²) in [6.07, 6.45) is 0.867. The zero-order valence-electron chi connectivity index (χ0n) is 12.2. The number of thiazole rings is 1. The zero-order valence-corrected chi connectivity index (χ0v) is 13.0. The van der Waals surface area contributed by atoms with Crippen molar-refractivity contribution in [2.75, 3.05) is 6.54 Å². The quantitative estimate of drug-likeness (QED) is 0.921. The average Bonchev–Trinajstić information content (AvgIpc) is 2.70. The van der Waals surface area contributed by atoms with Gasteiger partial charge in [0.05, 0.1) is 10.7 Å². The highest BCUT2D eigenvalue weighted by atomic mass is 32.1. The minimum absolute atomic E-state index is 0.195. The third-order valence-electron chi connectivity index (χ3n) is 3.22. The van der Waals surface area contributed by atoms with Gasteiger partial charge in [-0.2, -0.15) is 0 Å². The summed E-state index contributed by atoms with van der Waals surface area (Å²) in [7, 11) is 0. The molecule has 1 heterocycles. The van der Waals surface area contributed by atoms with E-state index in [0.717, 1.165) is 17.1 Å².